The number of carbonyl (C=O) groups excluding carboxylic acids is 1. The standard InChI is InChI=1S/C16H14O5/c1-20-10-3-5-11(14(18)7-10)13-8-21-15-6-9(17)2-4-12(15)16(13)19/h2-7,13,17-18H,8H2,1H3/t13-/m1/s1. The zero-order valence-electron chi connectivity index (χ0n) is 11.4. The first-order chi connectivity index (χ1) is 10.1. The van der Waals surface area contributed by atoms with E-state index in [9.17, 15) is 15.0 Å². The van der Waals surface area contributed by atoms with Gasteiger partial charge in [0.2, 0.25) is 0 Å². The molecule has 3 rings (SSSR count). The molecule has 2 aromatic carbocycles. The molecular formula is C16H14O5. The second-order valence-corrected chi connectivity index (χ2v) is 4.83. The predicted octanol–water partition coefficient (Wildman–Crippen LogP) is 2.47. The highest BCUT2D eigenvalue weighted by molar-refractivity contribution is 6.04. The Balaban J connectivity index is 1.98. The van der Waals surface area contributed by atoms with Crippen LogP contribution in [0.2, 0.25) is 0 Å². The Hall–Kier alpha value is -2.69. The van der Waals surface area contributed by atoms with Crippen LogP contribution in [0.4, 0.5) is 0 Å². The van der Waals surface area contributed by atoms with E-state index in [-0.39, 0.29) is 23.9 Å². The SMILES string of the molecule is COc1ccc([C@H]2COc3cc(O)ccc3C2=O)c(O)c1. The molecule has 1 aliphatic heterocycles. The molecule has 0 radical (unpaired) electrons. The van der Waals surface area contributed by atoms with Crippen LogP contribution in [-0.4, -0.2) is 29.7 Å². The normalized spacial score (nSPS) is 17.0. The number of aromatic hydroxyl groups is 2. The van der Waals surface area contributed by atoms with Crippen LogP contribution in [0.25, 0.3) is 0 Å². The monoisotopic (exact) mass is 286 g/mol. The molecule has 2 aromatic rings. The molecule has 5 nitrogen and oxygen atoms in total. The first kappa shape index (κ1) is 13.3. The Bertz CT molecular complexity index is 708. The first-order valence-electron chi connectivity index (χ1n) is 6.47. The number of phenols is 2. The maximum absolute atomic E-state index is 12.5. The summed E-state index contributed by atoms with van der Waals surface area (Å²) in [4.78, 5) is 12.5. The molecule has 0 saturated carbocycles. The number of methoxy groups -OCH3 is 1. The number of hydrogen-bond donors (Lipinski definition) is 2. The van der Waals surface area contributed by atoms with E-state index in [1.807, 2.05) is 0 Å². The molecule has 108 valence electrons. The van der Waals surface area contributed by atoms with Crippen LogP contribution >= 0.6 is 0 Å². The number of Topliss-reactive ketones (excluding diaryl/α,β-unsaturated/α-hetero) is 1. The minimum Gasteiger partial charge on any atom is -0.508 e. The zero-order valence-corrected chi connectivity index (χ0v) is 11.4. The fourth-order valence-corrected chi connectivity index (χ4v) is 2.45. The number of ether oxygens (including phenoxy) is 2. The molecule has 5 heteroatoms. The van der Waals surface area contributed by atoms with Gasteiger partial charge in [0.15, 0.2) is 5.78 Å². The number of benzene rings is 2. The van der Waals surface area contributed by atoms with Crippen molar-refractivity contribution >= 4 is 5.78 Å². The summed E-state index contributed by atoms with van der Waals surface area (Å²) in [7, 11) is 1.51. The second kappa shape index (κ2) is 5.01. The lowest BCUT2D eigenvalue weighted by atomic mass is 9.88. The molecule has 1 heterocycles. The Kier molecular flexibility index (Phi) is 3.17. The van der Waals surface area contributed by atoms with Crippen molar-refractivity contribution in [2.24, 2.45) is 0 Å². The minimum atomic E-state index is -0.576. The second-order valence-electron chi connectivity index (χ2n) is 4.83. The topological polar surface area (TPSA) is 76.0 Å². The number of phenolic OH excluding ortho intramolecular Hbond substituents is 2. The zero-order chi connectivity index (χ0) is 15.0. The summed E-state index contributed by atoms with van der Waals surface area (Å²) in [5.41, 5.74) is 0.902. The quantitative estimate of drug-likeness (QED) is 0.887. The lowest BCUT2D eigenvalue weighted by molar-refractivity contribution is 0.0894. The number of hydrogen-bond acceptors (Lipinski definition) is 5. The van der Waals surface area contributed by atoms with E-state index in [2.05, 4.69) is 0 Å². The third kappa shape index (κ3) is 2.27. The predicted molar refractivity (Wildman–Crippen MR) is 75.3 cm³/mol. The van der Waals surface area contributed by atoms with Gasteiger partial charge in [-0.3, -0.25) is 4.79 Å². The largest absolute Gasteiger partial charge is 0.508 e. The average Bonchev–Trinajstić information content (AvgIpc) is 2.48. The van der Waals surface area contributed by atoms with Crippen molar-refractivity contribution in [1.82, 2.24) is 0 Å². The summed E-state index contributed by atoms with van der Waals surface area (Å²) in [6, 6.07) is 9.20. The van der Waals surface area contributed by atoms with Gasteiger partial charge in [0.05, 0.1) is 18.6 Å². The van der Waals surface area contributed by atoms with E-state index in [4.69, 9.17) is 9.47 Å². The van der Waals surface area contributed by atoms with E-state index in [1.165, 1.54) is 31.4 Å². The molecular weight excluding hydrogens is 272 g/mol. The average molecular weight is 286 g/mol. The maximum Gasteiger partial charge on any atom is 0.177 e. The van der Waals surface area contributed by atoms with Gasteiger partial charge >= 0.3 is 0 Å². The van der Waals surface area contributed by atoms with Crippen molar-refractivity contribution in [3.8, 4) is 23.0 Å². The molecule has 1 aliphatic rings. The van der Waals surface area contributed by atoms with Crippen molar-refractivity contribution in [3.63, 3.8) is 0 Å². The van der Waals surface area contributed by atoms with Gasteiger partial charge in [-0.15, -0.1) is 0 Å². The lowest BCUT2D eigenvalue weighted by Gasteiger charge is -2.25. The molecule has 0 unspecified atom stereocenters. The van der Waals surface area contributed by atoms with Gasteiger partial charge in [-0.05, 0) is 18.2 Å². The van der Waals surface area contributed by atoms with Gasteiger partial charge in [0, 0.05) is 17.7 Å². The van der Waals surface area contributed by atoms with Gasteiger partial charge in [-0.2, -0.15) is 0 Å². The molecule has 0 aliphatic carbocycles. The van der Waals surface area contributed by atoms with Crippen LogP contribution in [-0.2, 0) is 0 Å². The van der Waals surface area contributed by atoms with E-state index in [0.29, 0.717) is 22.6 Å². The summed E-state index contributed by atoms with van der Waals surface area (Å²) >= 11 is 0. The molecule has 0 saturated heterocycles. The number of rotatable bonds is 2. The summed E-state index contributed by atoms with van der Waals surface area (Å²) in [6.45, 7) is 0.120. The van der Waals surface area contributed by atoms with Crippen molar-refractivity contribution in [1.29, 1.82) is 0 Å². The van der Waals surface area contributed by atoms with E-state index in [0.717, 1.165) is 0 Å². The van der Waals surface area contributed by atoms with Crippen molar-refractivity contribution in [3.05, 3.63) is 47.5 Å². The molecule has 0 amide bonds. The van der Waals surface area contributed by atoms with Gasteiger partial charge in [-0.1, -0.05) is 6.07 Å². The number of fused-ring (bicyclic) bond motifs is 1. The molecule has 0 aromatic heterocycles. The van der Waals surface area contributed by atoms with Crippen LogP contribution in [0.15, 0.2) is 36.4 Å². The Morgan fingerprint density at radius 2 is 2.00 bits per heavy atom. The summed E-state index contributed by atoms with van der Waals surface area (Å²) in [5, 5.41) is 19.5. The van der Waals surface area contributed by atoms with Crippen LogP contribution in [0, 0.1) is 0 Å². The fraction of sp³-hybridized carbons (Fsp3) is 0.188. The Morgan fingerprint density at radius 3 is 2.71 bits per heavy atom. The lowest BCUT2D eigenvalue weighted by Crippen LogP contribution is -2.26. The van der Waals surface area contributed by atoms with E-state index in [1.54, 1.807) is 12.1 Å². The van der Waals surface area contributed by atoms with E-state index < -0.39 is 5.92 Å². The number of carbonyl (C=O) groups is 1. The van der Waals surface area contributed by atoms with Crippen LogP contribution in [0.5, 0.6) is 23.0 Å². The molecule has 0 bridgehead atoms. The maximum atomic E-state index is 12.5. The van der Waals surface area contributed by atoms with Crippen LogP contribution < -0.4 is 9.47 Å². The molecule has 0 spiro atoms. The highest BCUT2D eigenvalue weighted by Gasteiger charge is 2.32. The van der Waals surface area contributed by atoms with Crippen LogP contribution in [0.1, 0.15) is 21.8 Å². The molecule has 1 atom stereocenters. The first-order valence-corrected chi connectivity index (χ1v) is 6.47. The number of ketones is 1. The molecule has 0 fully saturated rings. The van der Waals surface area contributed by atoms with Gasteiger partial charge < -0.3 is 19.7 Å². The van der Waals surface area contributed by atoms with Crippen molar-refractivity contribution in [2.75, 3.05) is 13.7 Å². The van der Waals surface area contributed by atoms with Crippen molar-refractivity contribution in [2.45, 2.75) is 5.92 Å². The third-order valence-corrected chi connectivity index (χ3v) is 3.57. The summed E-state index contributed by atoms with van der Waals surface area (Å²) < 4.78 is 10.6. The highest BCUT2D eigenvalue weighted by atomic mass is 16.5. The van der Waals surface area contributed by atoms with Crippen molar-refractivity contribution < 1.29 is 24.5 Å². The highest BCUT2D eigenvalue weighted by Crippen LogP contribution is 2.38. The fourth-order valence-electron chi connectivity index (χ4n) is 2.45. The van der Waals surface area contributed by atoms with E-state index >= 15 is 0 Å². The minimum absolute atomic E-state index is 0.00136. The van der Waals surface area contributed by atoms with Gasteiger partial charge in [0.1, 0.15) is 29.6 Å². The van der Waals surface area contributed by atoms with Gasteiger partial charge in [-0.25, -0.2) is 0 Å². The summed E-state index contributed by atoms with van der Waals surface area (Å²) in [5.74, 6) is 0.213. The third-order valence-electron chi connectivity index (χ3n) is 3.57. The summed E-state index contributed by atoms with van der Waals surface area (Å²) in [6.07, 6.45) is 0. The molecule has 21 heavy (non-hydrogen) atoms. The smallest absolute Gasteiger partial charge is 0.177 e. The molecule has 2 N–H and O–H groups in total. The Morgan fingerprint density at radius 1 is 1.19 bits per heavy atom. The van der Waals surface area contributed by atoms with Gasteiger partial charge in [0.25, 0.3) is 0 Å². The Labute approximate surface area is 121 Å². The van der Waals surface area contributed by atoms with Crippen LogP contribution in [0.3, 0.4) is 0 Å².